The summed E-state index contributed by atoms with van der Waals surface area (Å²) < 4.78 is 0. The lowest BCUT2D eigenvalue weighted by atomic mass is 9.87. The van der Waals surface area contributed by atoms with Gasteiger partial charge < -0.3 is 5.32 Å². The number of hydrogen-bond acceptors (Lipinski definition) is 3. The molecular formula is C15H18ClNO3. The Labute approximate surface area is 123 Å². The van der Waals surface area contributed by atoms with Crippen LogP contribution in [-0.2, 0) is 14.4 Å². The van der Waals surface area contributed by atoms with E-state index in [1.807, 2.05) is 0 Å². The number of ketones is 2. The standard InChI is InChI=1S/C15H18ClNO3/c1-4-13(20)17-15(14(9(2)18)10(3)19)11-7-5-6-8-12(11)16/h5-8,14-15H,4H2,1-3H3,(H,17,20)/t15-/m1/s1. The van der Waals surface area contributed by atoms with Gasteiger partial charge in [0.1, 0.15) is 17.5 Å². The Morgan fingerprint density at radius 3 is 2.15 bits per heavy atom. The second kappa shape index (κ2) is 7.20. The van der Waals surface area contributed by atoms with Crippen molar-refractivity contribution in [3.05, 3.63) is 34.9 Å². The van der Waals surface area contributed by atoms with Gasteiger partial charge in [0, 0.05) is 11.4 Å². The van der Waals surface area contributed by atoms with Gasteiger partial charge in [-0.25, -0.2) is 0 Å². The molecule has 0 aromatic heterocycles. The Balaban J connectivity index is 3.27. The molecule has 4 nitrogen and oxygen atoms in total. The molecule has 20 heavy (non-hydrogen) atoms. The molecule has 1 aromatic carbocycles. The van der Waals surface area contributed by atoms with Crippen LogP contribution in [0.15, 0.2) is 24.3 Å². The monoisotopic (exact) mass is 295 g/mol. The average molecular weight is 296 g/mol. The quantitative estimate of drug-likeness (QED) is 0.821. The summed E-state index contributed by atoms with van der Waals surface area (Å²) in [5, 5.41) is 3.14. The molecular weight excluding hydrogens is 278 g/mol. The Hall–Kier alpha value is -1.68. The normalized spacial score (nSPS) is 12.1. The maximum Gasteiger partial charge on any atom is 0.220 e. The van der Waals surface area contributed by atoms with Crippen LogP contribution in [-0.4, -0.2) is 17.5 Å². The number of amides is 1. The number of Topliss-reactive ketones (excluding diaryl/α,β-unsaturated/α-hetero) is 2. The smallest absolute Gasteiger partial charge is 0.220 e. The lowest BCUT2D eigenvalue weighted by Crippen LogP contribution is -2.39. The molecule has 0 spiro atoms. The van der Waals surface area contributed by atoms with Crippen LogP contribution in [0.3, 0.4) is 0 Å². The molecule has 0 aliphatic carbocycles. The van der Waals surface area contributed by atoms with E-state index in [0.29, 0.717) is 10.6 Å². The summed E-state index contributed by atoms with van der Waals surface area (Å²) >= 11 is 6.13. The van der Waals surface area contributed by atoms with Gasteiger partial charge in [0.05, 0.1) is 6.04 Å². The molecule has 1 atom stereocenters. The van der Waals surface area contributed by atoms with Crippen molar-refractivity contribution in [1.82, 2.24) is 5.32 Å². The molecule has 0 fully saturated rings. The van der Waals surface area contributed by atoms with Gasteiger partial charge in [0.15, 0.2) is 0 Å². The first-order valence-electron chi connectivity index (χ1n) is 6.43. The maximum atomic E-state index is 11.8. The number of benzene rings is 1. The maximum absolute atomic E-state index is 11.8. The van der Waals surface area contributed by atoms with Crippen LogP contribution in [0.4, 0.5) is 0 Å². The predicted molar refractivity (Wildman–Crippen MR) is 77.5 cm³/mol. The summed E-state index contributed by atoms with van der Waals surface area (Å²) in [6, 6.07) is 6.15. The van der Waals surface area contributed by atoms with E-state index in [4.69, 9.17) is 11.6 Å². The largest absolute Gasteiger partial charge is 0.348 e. The minimum absolute atomic E-state index is 0.234. The van der Waals surface area contributed by atoms with E-state index in [2.05, 4.69) is 5.32 Å². The molecule has 0 heterocycles. The highest BCUT2D eigenvalue weighted by Gasteiger charge is 2.33. The van der Waals surface area contributed by atoms with E-state index >= 15 is 0 Å². The fraction of sp³-hybridized carbons (Fsp3) is 0.400. The van der Waals surface area contributed by atoms with Gasteiger partial charge in [0.2, 0.25) is 5.91 Å². The van der Waals surface area contributed by atoms with Gasteiger partial charge in [-0.3, -0.25) is 14.4 Å². The van der Waals surface area contributed by atoms with Crippen molar-refractivity contribution in [1.29, 1.82) is 0 Å². The zero-order valence-electron chi connectivity index (χ0n) is 11.8. The fourth-order valence-electron chi connectivity index (χ4n) is 2.10. The topological polar surface area (TPSA) is 63.2 Å². The molecule has 1 rings (SSSR count). The Kier molecular flexibility index (Phi) is 5.89. The molecule has 0 aliphatic rings. The van der Waals surface area contributed by atoms with E-state index < -0.39 is 12.0 Å². The molecule has 5 heteroatoms. The molecule has 1 N–H and O–H groups in total. The summed E-state index contributed by atoms with van der Waals surface area (Å²) in [7, 11) is 0. The van der Waals surface area contributed by atoms with E-state index in [-0.39, 0.29) is 23.9 Å². The van der Waals surface area contributed by atoms with E-state index in [0.717, 1.165) is 0 Å². The van der Waals surface area contributed by atoms with Gasteiger partial charge in [-0.2, -0.15) is 0 Å². The van der Waals surface area contributed by atoms with Crippen molar-refractivity contribution in [2.24, 2.45) is 5.92 Å². The molecule has 1 amide bonds. The van der Waals surface area contributed by atoms with Crippen LogP contribution < -0.4 is 5.32 Å². The SMILES string of the molecule is CCC(=O)N[C@H](c1ccccc1Cl)C(C(C)=O)C(C)=O. The molecule has 108 valence electrons. The number of nitrogens with one attached hydrogen (secondary N) is 1. The Morgan fingerprint density at radius 2 is 1.70 bits per heavy atom. The van der Waals surface area contributed by atoms with Crippen molar-refractivity contribution in [3.8, 4) is 0 Å². The third-order valence-corrected chi connectivity index (χ3v) is 3.43. The van der Waals surface area contributed by atoms with Gasteiger partial charge >= 0.3 is 0 Å². The van der Waals surface area contributed by atoms with E-state index in [1.54, 1.807) is 31.2 Å². The van der Waals surface area contributed by atoms with Crippen LogP contribution in [0, 0.1) is 5.92 Å². The zero-order chi connectivity index (χ0) is 15.3. The molecule has 0 radical (unpaired) electrons. The third kappa shape index (κ3) is 3.90. The molecule has 0 unspecified atom stereocenters. The average Bonchev–Trinajstić information content (AvgIpc) is 2.37. The summed E-state index contributed by atoms with van der Waals surface area (Å²) in [6.45, 7) is 4.39. The lowest BCUT2D eigenvalue weighted by molar-refractivity contribution is -0.132. The molecule has 0 saturated carbocycles. The van der Waals surface area contributed by atoms with Crippen molar-refractivity contribution >= 4 is 29.1 Å². The van der Waals surface area contributed by atoms with Gasteiger partial charge in [-0.05, 0) is 25.5 Å². The van der Waals surface area contributed by atoms with Gasteiger partial charge in [0.25, 0.3) is 0 Å². The number of hydrogen-bond donors (Lipinski definition) is 1. The van der Waals surface area contributed by atoms with Crippen LogP contribution in [0.2, 0.25) is 5.02 Å². The molecule has 1 aromatic rings. The molecule has 0 bridgehead atoms. The van der Waals surface area contributed by atoms with Crippen LogP contribution in [0.25, 0.3) is 0 Å². The highest BCUT2D eigenvalue weighted by molar-refractivity contribution is 6.31. The summed E-state index contributed by atoms with van der Waals surface area (Å²) in [6.07, 6.45) is 0.267. The van der Waals surface area contributed by atoms with Gasteiger partial charge in [-0.1, -0.05) is 36.7 Å². The highest BCUT2D eigenvalue weighted by Crippen LogP contribution is 2.29. The minimum Gasteiger partial charge on any atom is -0.348 e. The summed E-state index contributed by atoms with van der Waals surface area (Å²) in [5.74, 6) is -1.74. The summed E-state index contributed by atoms with van der Waals surface area (Å²) in [5.41, 5.74) is 0.575. The van der Waals surface area contributed by atoms with Crippen molar-refractivity contribution in [2.75, 3.05) is 0 Å². The van der Waals surface area contributed by atoms with Gasteiger partial charge in [-0.15, -0.1) is 0 Å². The number of carbonyl (C=O) groups excluding carboxylic acids is 3. The predicted octanol–water partition coefficient (Wildman–Crippen LogP) is 2.70. The first-order chi connectivity index (χ1) is 9.38. The van der Waals surface area contributed by atoms with Crippen molar-refractivity contribution in [2.45, 2.75) is 33.2 Å². The second-order valence-corrected chi connectivity index (χ2v) is 5.03. The van der Waals surface area contributed by atoms with Crippen LogP contribution in [0.1, 0.15) is 38.8 Å². The lowest BCUT2D eigenvalue weighted by Gasteiger charge is -2.25. The second-order valence-electron chi connectivity index (χ2n) is 4.62. The summed E-state index contributed by atoms with van der Waals surface area (Å²) in [4.78, 5) is 35.2. The zero-order valence-corrected chi connectivity index (χ0v) is 12.5. The fourth-order valence-corrected chi connectivity index (χ4v) is 2.35. The molecule has 0 aliphatic heterocycles. The number of halogens is 1. The van der Waals surface area contributed by atoms with E-state index in [1.165, 1.54) is 13.8 Å². The van der Waals surface area contributed by atoms with Crippen LogP contribution in [0.5, 0.6) is 0 Å². The minimum atomic E-state index is -0.926. The highest BCUT2D eigenvalue weighted by atomic mass is 35.5. The molecule has 0 saturated heterocycles. The first kappa shape index (κ1) is 16.4. The number of rotatable bonds is 6. The Morgan fingerprint density at radius 1 is 1.15 bits per heavy atom. The number of carbonyl (C=O) groups is 3. The van der Waals surface area contributed by atoms with E-state index in [9.17, 15) is 14.4 Å². The Bertz CT molecular complexity index is 514. The van der Waals surface area contributed by atoms with Crippen LogP contribution >= 0.6 is 11.6 Å². The first-order valence-corrected chi connectivity index (χ1v) is 6.81. The van der Waals surface area contributed by atoms with Crippen molar-refractivity contribution in [3.63, 3.8) is 0 Å². The van der Waals surface area contributed by atoms with Crippen molar-refractivity contribution < 1.29 is 14.4 Å². The third-order valence-electron chi connectivity index (χ3n) is 3.09.